The average molecular weight is 337 g/mol. The van der Waals surface area contributed by atoms with Gasteiger partial charge in [-0.05, 0) is 49.9 Å². The first-order valence-corrected chi connectivity index (χ1v) is 7.57. The van der Waals surface area contributed by atoms with Gasteiger partial charge in [0.15, 0.2) is 13.2 Å². The third kappa shape index (κ3) is 5.15. The number of nitrogens with one attached hydrogen (secondary N) is 1. The Morgan fingerprint density at radius 3 is 2.57 bits per heavy atom. The van der Waals surface area contributed by atoms with Crippen LogP contribution in [0.25, 0.3) is 0 Å². The molecule has 1 atom stereocenters. The van der Waals surface area contributed by atoms with E-state index >= 15 is 0 Å². The first-order chi connectivity index (χ1) is 10.9. The van der Waals surface area contributed by atoms with E-state index in [-0.39, 0.29) is 12.5 Å². The Hall–Kier alpha value is -2.26. The van der Waals surface area contributed by atoms with Crippen molar-refractivity contribution in [3.63, 3.8) is 0 Å². The van der Waals surface area contributed by atoms with Crippen LogP contribution in [-0.2, 0) is 14.3 Å². The topological polar surface area (TPSA) is 88.4 Å². The lowest BCUT2D eigenvalue weighted by Gasteiger charge is -2.22. The van der Waals surface area contributed by atoms with Crippen LogP contribution in [0.4, 0.5) is 0 Å². The maximum Gasteiger partial charge on any atom is 0.344 e. The molecule has 1 fully saturated rings. The summed E-state index contributed by atoms with van der Waals surface area (Å²) >= 11 is 5.74. The molecule has 1 aliphatic carbocycles. The predicted octanol–water partition coefficient (Wildman–Crippen LogP) is 2.07. The molecule has 0 radical (unpaired) electrons. The number of halogens is 1. The Bertz CT molecular complexity index is 622. The zero-order valence-electron chi connectivity index (χ0n) is 12.7. The number of carbonyl (C=O) groups excluding carboxylic acids is 2. The number of hydrogen-bond donors (Lipinski definition) is 1. The van der Waals surface area contributed by atoms with Crippen LogP contribution < -0.4 is 10.1 Å². The molecule has 0 saturated heterocycles. The SMILES string of the molecule is C[C@@](C#N)(NC(=O)COC(=O)COc1ccc(Cl)cc1)C1CC1. The van der Waals surface area contributed by atoms with Crippen molar-refractivity contribution >= 4 is 23.5 Å². The maximum absolute atomic E-state index is 11.8. The lowest BCUT2D eigenvalue weighted by molar-refractivity contribution is -0.150. The van der Waals surface area contributed by atoms with Crippen molar-refractivity contribution in [2.75, 3.05) is 13.2 Å². The largest absolute Gasteiger partial charge is 0.482 e. The molecule has 122 valence electrons. The minimum atomic E-state index is -0.900. The third-order valence-corrected chi connectivity index (χ3v) is 3.81. The quantitative estimate of drug-likeness (QED) is 0.770. The maximum atomic E-state index is 11.8. The lowest BCUT2D eigenvalue weighted by atomic mass is 9.98. The zero-order valence-corrected chi connectivity index (χ0v) is 13.4. The molecular formula is C16H17ClN2O4. The number of hydrogen-bond acceptors (Lipinski definition) is 5. The van der Waals surface area contributed by atoms with Crippen LogP contribution in [-0.4, -0.2) is 30.6 Å². The minimum Gasteiger partial charge on any atom is -0.482 e. The average Bonchev–Trinajstić information content (AvgIpc) is 3.37. The molecule has 1 amide bonds. The molecule has 0 aromatic heterocycles. The Balaban J connectivity index is 1.70. The Labute approximate surface area is 139 Å². The number of carbonyl (C=O) groups is 2. The molecule has 0 unspecified atom stereocenters. The first kappa shape index (κ1) is 17.1. The molecule has 1 aliphatic rings. The Morgan fingerprint density at radius 2 is 2.00 bits per heavy atom. The summed E-state index contributed by atoms with van der Waals surface area (Å²) in [5.41, 5.74) is -0.900. The molecule has 0 bridgehead atoms. The van der Waals surface area contributed by atoms with E-state index in [1.54, 1.807) is 31.2 Å². The van der Waals surface area contributed by atoms with Gasteiger partial charge in [0.2, 0.25) is 0 Å². The predicted molar refractivity (Wildman–Crippen MR) is 82.8 cm³/mol. The van der Waals surface area contributed by atoms with E-state index in [4.69, 9.17) is 26.3 Å². The van der Waals surface area contributed by atoms with Gasteiger partial charge in [-0.3, -0.25) is 4.79 Å². The molecule has 0 heterocycles. The Kier molecular flexibility index (Phi) is 5.45. The second kappa shape index (κ2) is 7.34. The van der Waals surface area contributed by atoms with E-state index in [2.05, 4.69) is 11.4 Å². The van der Waals surface area contributed by atoms with Gasteiger partial charge in [-0.1, -0.05) is 11.6 Å². The molecule has 1 saturated carbocycles. The number of nitriles is 1. The van der Waals surface area contributed by atoms with E-state index in [1.165, 1.54) is 0 Å². The van der Waals surface area contributed by atoms with E-state index < -0.39 is 24.0 Å². The monoisotopic (exact) mass is 336 g/mol. The number of nitrogens with zero attached hydrogens (tertiary/aromatic N) is 1. The summed E-state index contributed by atoms with van der Waals surface area (Å²) in [7, 11) is 0. The van der Waals surface area contributed by atoms with Gasteiger partial charge in [0.05, 0.1) is 6.07 Å². The molecule has 0 aliphatic heterocycles. The lowest BCUT2D eigenvalue weighted by Crippen LogP contribution is -2.48. The number of esters is 1. The normalized spacial score (nSPS) is 15.9. The smallest absolute Gasteiger partial charge is 0.344 e. The fourth-order valence-corrected chi connectivity index (χ4v) is 2.19. The number of ether oxygens (including phenoxy) is 2. The molecule has 7 heteroatoms. The standard InChI is InChI=1S/C16H17ClN2O4/c1-16(10-18,11-2-3-11)19-14(20)8-23-15(21)9-22-13-6-4-12(17)5-7-13/h4-7,11H,2-3,8-9H2,1H3,(H,19,20)/t16-/m0/s1. The van der Waals surface area contributed by atoms with Gasteiger partial charge in [-0.15, -0.1) is 0 Å². The van der Waals surface area contributed by atoms with E-state index in [1.807, 2.05) is 0 Å². The van der Waals surface area contributed by atoms with Crippen molar-refractivity contribution in [3.8, 4) is 11.8 Å². The van der Waals surface area contributed by atoms with Crippen LogP contribution in [0.3, 0.4) is 0 Å². The molecular weight excluding hydrogens is 320 g/mol. The van der Waals surface area contributed by atoms with Crippen LogP contribution in [0.2, 0.25) is 5.02 Å². The van der Waals surface area contributed by atoms with Crippen molar-refractivity contribution in [3.05, 3.63) is 29.3 Å². The molecule has 1 aromatic rings. The van der Waals surface area contributed by atoms with Crippen LogP contribution in [0.5, 0.6) is 5.75 Å². The van der Waals surface area contributed by atoms with Crippen LogP contribution in [0, 0.1) is 17.2 Å². The molecule has 0 spiro atoms. The van der Waals surface area contributed by atoms with Crippen molar-refractivity contribution in [1.29, 1.82) is 5.26 Å². The highest BCUT2D eigenvalue weighted by Gasteiger charge is 2.43. The number of benzene rings is 1. The van der Waals surface area contributed by atoms with Gasteiger partial charge in [-0.25, -0.2) is 4.79 Å². The van der Waals surface area contributed by atoms with Crippen LogP contribution in [0.15, 0.2) is 24.3 Å². The molecule has 23 heavy (non-hydrogen) atoms. The summed E-state index contributed by atoms with van der Waals surface area (Å²) in [4.78, 5) is 23.3. The fourth-order valence-electron chi connectivity index (χ4n) is 2.07. The summed E-state index contributed by atoms with van der Waals surface area (Å²) in [6.45, 7) is 0.924. The van der Waals surface area contributed by atoms with Gasteiger partial charge in [-0.2, -0.15) is 5.26 Å². The van der Waals surface area contributed by atoms with Crippen molar-refractivity contribution < 1.29 is 19.1 Å². The van der Waals surface area contributed by atoms with Crippen molar-refractivity contribution in [2.45, 2.75) is 25.3 Å². The minimum absolute atomic E-state index is 0.167. The zero-order chi connectivity index (χ0) is 16.9. The molecule has 1 N–H and O–H groups in total. The molecule has 1 aromatic carbocycles. The summed E-state index contributed by atoms with van der Waals surface area (Å²) in [6, 6.07) is 8.62. The van der Waals surface area contributed by atoms with Crippen LogP contribution >= 0.6 is 11.6 Å². The van der Waals surface area contributed by atoms with Gasteiger partial charge in [0.25, 0.3) is 5.91 Å². The number of rotatable bonds is 7. The second-order valence-corrected chi connectivity index (χ2v) is 5.98. The van der Waals surface area contributed by atoms with Crippen LogP contribution in [0.1, 0.15) is 19.8 Å². The second-order valence-electron chi connectivity index (χ2n) is 5.54. The van der Waals surface area contributed by atoms with Gasteiger partial charge in [0.1, 0.15) is 11.3 Å². The highest BCUT2D eigenvalue weighted by atomic mass is 35.5. The van der Waals surface area contributed by atoms with Crippen molar-refractivity contribution in [1.82, 2.24) is 5.32 Å². The summed E-state index contributed by atoms with van der Waals surface area (Å²) in [5, 5.41) is 12.3. The van der Waals surface area contributed by atoms with Crippen molar-refractivity contribution in [2.24, 2.45) is 5.92 Å². The summed E-state index contributed by atoms with van der Waals surface area (Å²) in [6.07, 6.45) is 1.83. The summed E-state index contributed by atoms with van der Waals surface area (Å²) in [5.74, 6) is -0.525. The van der Waals surface area contributed by atoms with Gasteiger partial charge < -0.3 is 14.8 Å². The Morgan fingerprint density at radius 1 is 1.35 bits per heavy atom. The van der Waals surface area contributed by atoms with E-state index in [9.17, 15) is 9.59 Å². The van der Waals surface area contributed by atoms with E-state index in [0.717, 1.165) is 12.8 Å². The van der Waals surface area contributed by atoms with Gasteiger partial charge >= 0.3 is 5.97 Å². The fraction of sp³-hybridized carbons (Fsp3) is 0.438. The highest BCUT2D eigenvalue weighted by molar-refractivity contribution is 6.30. The molecule has 6 nitrogen and oxygen atoms in total. The first-order valence-electron chi connectivity index (χ1n) is 7.19. The highest BCUT2D eigenvalue weighted by Crippen LogP contribution is 2.39. The number of amides is 1. The van der Waals surface area contributed by atoms with Gasteiger partial charge in [0, 0.05) is 5.02 Å². The third-order valence-electron chi connectivity index (χ3n) is 3.56. The molecule has 2 rings (SSSR count). The summed E-state index contributed by atoms with van der Waals surface area (Å²) < 4.78 is 10.0. The van der Waals surface area contributed by atoms with E-state index in [0.29, 0.717) is 10.8 Å².